The molecule has 0 saturated heterocycles. The standard InChI is InChI=1S/C34H48NS/c1-7-24-35(25-8-2)27-31-19-21-32(22-20-31)33-17-9-10-18-34(33)36-26-23-30(6)16-12-15-29(5)14-11-13-28(3)4/h9-10,13,15,17,19-23H,7-8,11-12,14,16,24-27H2,1-6H3/b29-15+,30-23+. The first-order chi connectivity index (χ1) is 17.4. The molecule has 195 valence electrons. The molecular weight excluding hydrogens is 454 g/mol. The van der Waals surface area contributed by atoms with Gasteiger partial charge in [0.25, 0.3) is 0 Å². The summed E-state index contributed by atoms with van der Waals surface area (Å²) in [6.45, 7) is 16.8. The quantitative estimate of drug-likeness (QED) is 0.166. The topological polar surface area (TPSA) is 3.24 Å². The van der Waals surface area contributed by atoms with E-state index in [1.54, 1.807) is 0 Å². The molecule has 2 heteroatoms. The van der Waals surface area contributed by atoms with Crippen LogP contribution in [-0.2, 0) is 6.54 Å². The minimum atomic E-state index is 0.990. The lowest BCUT2D eigenvalue weighted by Gasteiger charge is -2.21. The molecule has 0 aromatic heterocycles. The van der Waals surface area contributed by atoms with Crippen LogP contribution in [0.1, 0.15) is 85.6 Å². The molecule has 0 saturated carbocycles. The molecule has 0 aliphatic carbocycles. The predicted molar refractivity (Wildman–Crippen MR) is 163 cm³/mol. The zero-order chi connectivity index (χ0) is 26.2. The first-order valence-corrected chi connectivity index (χ1v) is 14.8. The van der Waals surface area contributed by atoms with Crippen molar-refractivity contribution in [1.29, 1.82) is 0 Å². The maximum Gasteiger partial charge on any atom is 0.0233 e. The van der Waals surface area contributed by atoms with E-state index < -0.39 is 0 Å². The lowest BCUT2D eigenvalue weighted by molar-refractivity contribution is 0.266. The third kappa shape index (κ3) is 11.8. The highest BCUT2D eigenvalue weighted by Gasteiger charge is 2.07. The van der Waals surface area contributed by atoms with Crippen molar-refractivity contribution in [2.75, 3.05) is 18.8 Å². The van der Waals surface area contributed by atoms with E-state index in [9.17, 15) is 0 Å². The van der Waals surface area contributed by atoms with Gasteiger partial charge in [0.05, 0.1) is 0 Å². The largest absolute Gasteiger partial charge is 0.299 e. The Balaban J connectivity index is 1.91. The summed E-state index contributed by atoms with van der Waals surface area (Å²) in [5.74, 6) is 0.990. The Morgan fingerprint density at radius 3 is 2.11 bits per heavy atom. The van der Waals surface area contributed by atoms with Crippen LogP contribution in [0.25, 0.3) is 11.1 Å². The Kier molecular flexibility index (Phi) is 14.6. The smallest absolute Gasteiger partial charge is 0.0233 e. The van der Waals surface area contributed by atoms with Crippen molar-refractivity contribution in [2.45, 2.75) is 91.5 Å². The third-order valence-corrected chi connectivity index (χ3v) is 7.31. The van der Waals surface area contributed by atoms with Gasteiger partial charge in [0.1, 0.15) is 0 Å². The summed E-state index contributed by atoms with van der Waals surface area (Å²) < 4.78 is 0. The number of hydrogen-bond acceptors (Lipinski definition) is 2. The van der Waals surface area contributed by atoms with Crippen molar-refractivity contribution in [3.8, 4) is 11.1 Å². The van der Waals surface area contributed by atoms with Crippen molar-refractivity contribution in [2.24, 2.45) is 0 Å². The Morgan fingerprint density at radius 1 is 0.833 bits per heavy atom. The fourth-order valence-electron chi connectivity index (χ4n) is 4.32. The third-order valence-electron chi connectivity index (χ3n) is 6.35. The molecule has 0 bridgehead atoms. The Morgan fingerprint density at radius 2 is 1.47 bits per heavy atom. The van der Waals surface area contributed by atoms with Crippen LogP contribution in [0.5, 0.6) is 0 Å². The predicted octanol–water partition coefficient (Wildman–Crippen LogP) is 10.3. The maximum absolute atomic E-state index is 3.49. The molecule has 0 aliphatic heterocycles. The van der Waals surface area contributed by atoms with E-state index in [4.69, 9.17) is 0 Å². The first-order valence-electron chi connectivity index (χ1n) is 13.8. The van der Waals surface area contributed by atoms with Crippen LogP contribution < -0.4 is 0 Å². The van der Waals surface area contributed by atoms with E-state index >= 15 is 0 Å². The molecule has 0 fully saturated rings. The fourth-order valence-corrected chi connectivity index (χ4v) is 5.35. The molecule has 0 unspecified atom stereocenters. The lowest BCUT2D eigenvalue weighted by Crippen LogP contribution is -2.24. The summed E-state index contributed by atoms with van der Waals surface area (Å²) in [5, 5.41) is 0. The minimum Gasteiger partial charge on any atom is -0.299 e. The highest BCUT2D eigenvalue weighted by atomic mass is 32.2. The summed E-state index contributed by atoms with van der Waals surface area (Å²) in [7, 11) is 0. The Hall–Kier alpha value is -2.03. The fraction of sp³-hybridized carbons (Fsp3) is 0.471. The van der Waals surface area contributed by atoms with Gasteiger partial charge in [0.2, 0.25) is 0 Å². The number of nitrogens with zero attached hydrogens (tertiary/aromatic N) is 1. The average molecular weight is 503 g/mol. The number of thioether (sulfide) groups is 1. The first kappa shape index (κ1) is 30.2. The van der Waals surface area contributed by atoms with Gasteiger partial charge < -0.3 is 0 Å². The van der Waals surface area contributed by atoms with Crippen LogP contribution in [0.3, 0.4) is 0 Å². The SMILES string of the molecule is CCCN(CCC)Cc1ccc(-c2ccc[c]c2SC/C=C(\C)CC/C=C(\C)CCC=C(C)C)cc1. The highest BCUT2D eigenvalue weighted by molar-refractivity contribution is 7.99. The van der Waals surface area contributed by atoms with Crippen molar-refractivity contribution >= 4 is 11.8 Å². The Labute approximate surface area is 226 Å². The van der Waals surface area contributed by atoms with E-state index in [0.717, 1.165) is 31.6 Å². The minimum absolute atomic E-state index is 0.990. The van der Waals surface area contributed by atoms with Gasteiger partial charge in [0.15, 0.2) is 0 Å². The molecule has 0 amide bonds. The van der Waals surface area contributed by atoms with Gasteiger partial charge in [-0.2, -0.15) is 0 Å². The van der Waals surface area contributed by atoms with Gasteiger partial charge in [-0.25, -0.2) is 0 Å². The van der Waals surface area contributed by atoms with Crippen LogP contribution in [0.4, 0.5) is 0 Å². The summed E-state index contributed by atoms with van der Waals surface area (Å²) in [5.41, 5.74) is 8.36. The van der Waals surface area contributed by atoms with E-state index in [-0.39, 0.29) is 0 Å². The summed E-state index contributed by atoms with van der Waals surface area (Å²) in [6, 6.07) is 19.0. The molecule has 0 heterocycles. The van der Waals surface area contributed by atoms with Gasteiger partial charge in [-0.1, -0.05) is 91.3 Å². The average Bonchev–Trinajstić information content (AvgIpc) is 2.85. The summed E-state index contributed by atoms with van der Waals surface area (Å²) in [4.78, 5) is 3.80. The van der Waals surface area contributed by atoms with Crippen LogP contribution in [-0.4, -0.2) is 23.7 Å². The maximum atomic E-state index is 3.49. The molecule has 0 atom stereocenters. The molecule has 0 aliphatic rings. The molecule has 1 radical (unpaired) electrons. The number of allylic oxidation sites excluding steroid dienone is 5. The van der Waals surface area contributed by atoms with Crippen molar-refractivity contribution < 1.29 is 0 Å². The number of benzene rings is 2. The monoisotopic (exact) mass is 502 g/mol. The normalized spacial score (nSPS) is 12.3. The van der Waals surface area contributed by atoms with Gasteiger partial charge in [-0.3, -0.25) is 4.90 Å². The second-order valence-electron chi connectivity index (χ2n) is 10.2. The van der Waals surface area contributed by atoms with Crippen LogP contribution in [0, 0.1) is 6.07 Å². The number of hydrogen-bond donors (Lipinski definition) is 0. The Bertz CT molecular complexity index is 970. The molecule has 0 N–H and O–H groups in total. The van der Waals surface area contributed by atoms with Crippen LogP contribution in [0.15, 0.2) is 82.3 Å². The second-order valence-corrected chi connectivity index (χ2v) is 11.2. The second kappa shape index (κ2) is 17.4. The highest BCUT2D eigenvalue weighted by Crippen LogP contribution is 2.31. The molecule has 2 aromatic rings. The van der Waals surface area contributed by atoms with Crippen LogP contribution >= 0.6 is 11.8 Å². The zero-order valence-corrected chi connectivity index (χ0v) is 24.5. The van der Waals surface area contributed by atoms with Gasteiger partial charge >= 0.3 is 0 Å². The number of rotatable bonds is 16. The molecule has 2 rings (SSSR count). The molecule has 1 nitrogen and oxygen atoms in total. The van der Waals surface area contributed by atoms with E-state index in [1.165, 1.54) is 70.7 Å². The van der Waals surface area contributed by atoms with E-state index in [0.29, 0.717) is 0 Å². The van der Waals surface area contributed by atoms with E-state index in [2.05, 4.69) is 107 Å². The molecule has 2 aromatic carbocycles. The van der Waals surface area contributed by atoms with Gasteiger partial charge in [-0.05, 0) is 102 Å². The summed E-state index contributed by atoms with van der Waals surface area (Å²) >= 11 is 1.89. The van der Waals surface area contributed by atoms with Crippen molar-refractivity contribution in [1.82, 2.24) is 4.90 Å². The van der Waals surface area contributed by atoms with Gasteiger partial charge in [-0.15, -0.1) is 11.8 Å². The molecular formula is C34H48NS. The van der Waals surface area contributed by atoms with Crippen LogP contribution in [0.2, 0.25) is 0 Å². The summed E-state index contributed by atoms with van der Waals surface area (Å²) in [6.07, 6.45) is 14.2. The lowest BCUT2D eigenvalue weighted by atomic mass is 10.0. The van der Waals surface area contributed by atoms with E-state index in [1.807, 2.05) is 17.8 Å². The van der Waals surface area contributed by atoms with Gasteiger partial charge in [0, 0.05) is 17.2 Å². The zero-order valence-electron chi connectivity index (χ0n) is 23.7. The molecule has 0 spiro atoms. The van der Waals surface area contributed by atoms with Crippen molar-refractivity contribution in [3.05, 3.63) is 89.0 Å². The molecule has 36 heavy (non-hydrogen) atoms. The van der Waals surface area contributed by atoms with Crippen molar-refractivity contribution in [3.63, 3.8) is 0 Å².